The normalized spacial score (nSPS) is 26.3. The molecular formula is C14H18O5. The number of carbonyl (C=O) groups excluding carboxylic acids is 1. The summed E-state index contributed by atoms with van der Waals surface area (Å²) in [6, 6.07) is 6.95. The molecule has 0 spiro atoms. The predicted molar refractivity (Wildman–Crippen MR) is 67.7 cm³/mol. The van der Waals surface area contributed by atoms with Crippen LogP contribution >= 0.6 is 0 Å². The van der Waals surface area contributed by atoms with E-state index in [0.717, 1.165) is 5.56 Å². The van der Waals surface area contributed by atoms with Gasteiger partial charge in [0, 0.05) is 6.42 Å². The first-order valence-corrected chi connectivity index (χ1v) is 6.17. The van der Waals surface area contributed by atoms with Gasteiger partial charge in [0.2, 0.25) is 0 Å². The molecule has 1 heterocycles. The summed E-state index contributed by atoms with van der Waals surface area (Å²) in [5.74, 6) is -0.868. The largest absolute Gasteiger partial charge is 0.508 e. The van der Waals surface area contributed by atoms with Crippen LogP contribution in [0.5, 0.6) is 5.75 Å². The second kappa shape index (κ2) is 5.59. The molecule has 5 nitrogen and oxygen atoms in total. The predicted octanol–water partition coefficient (Wildman–Crippen LogP) is 1.63. The molecule has 1 saturated heterocycles. The number of phenols is 1. The van der Waals surface area contributed by atoms with Gasteiger partial charge in [-0.1, -0.05) is 12.1 Å². The number of benzene rings is 1. The van der Waals surface area contributed by atoms with Gasteiger partial charge in [-0.3, -0.25) is 4.79 Å². The molecule has 0 radical (unpaired) electrons. The van der Waals surface area contributed by atoms with E-state index in [1.54, 1.807) is 18.2 Å². The van der Waals surface area contributed by atoms with Gasteiger partial charge in [-0.05, 0) is 24.6 Å². The second-order valence-electron chi connectivity index (χ2n) is 4.81. The zero-order valence-corrected chi connectivity index (χ0v) is 11.1. The van der Waals surface area contributed by atoms with E-state index in [-0.39, 0.29) is 24.2 Å². The highest BCUT2D eigenvalue weighted by atomic mass is 16.7. The quantitative estimate of drug-likeness (QED) is 0.839. The SMILES string of the molecule is COC(=O)CC1COC(C)(Cc2cccc(O)c2)O1. The van der Waals surface area contributed by atoms with E-state index in [1.807, 2.05) is 13.0 Å². The number of esters is 1. The summed E-state index contributed by atoms with van der Waals surface area (Å²) in [4.78, 5) is 11.2. The maximum absolute atomic E-state index is 11.2. The van der Waals surface area contributed by atoms with Crippen molar-refractivity contribution in [3.63, 3.8) is 0 Å². The molecule has 104 valence electrons. The van der Waals surface area contributed by atoms with Crippen LogP contribution in [0, 0.1) is 0 Å². The molecule has 2 unspecified atom stereocenters. The van der Waals surface area contributed by atoms with Crippen LogP contribution in [-0.4, -0.2) is 36.7 Å². The maximum atomic E-state index is 11.2. The molecule has 1 N–H and O–H groups in total. The number of hydrogen-bond acceptors (Lipinski definition) is 5. The first-order chi connectivity index (χ1) is 9.00. The summed E-state index contributed by atoms with van der Waals surface area (Å²) in [6.07, 6.45) is 0.417. The van der Waals surface area contributed by atoms with Crippen LogP contribution in [0.1, 0.15) is 18.9 Å². The van der Waals surface area contributed by atoms with Crippen LogP contribution in [0.3, 0.4) is 0 Å². The van der Waals surface area contributed by atoms with Crippen molar-refractivity contribution in [3.05, 3.63) is 29.8 Å². The fraction of sp³-hybridized carbons (Fsp3) is 0.500. The van der Waals surface area contributed by atoms with Gasteiger partial charge in [-0.2, -0.15) is 0 Å². The van der Waals surface area contributed by atoms with Gasteiger partial charge in [0.1, 0.15) is 5.75 Å². The van der Waals surface area contributed by atoms with Crippen molar-refractivity contribution in [3.8, 4) is 5.75 Å². The molecular weight excluding hydrogens is 248 g/mol. The molecule has 19 heavy (non-hydrogen) atoms. The van der Waals surface area contributed by atoms with E-state index in [2.05, 4.69) is 4.74 Å². The Bertz CT molecular complexity index is 459. The Balaban J connectivity index is 1.95. The molecule has 0 saturated carbocycles. The van der Waals surface area contributed by atoms with Crippen LogP contribution in [0.25, 0.3) is 0 Å². The van der Waals surface area contributed by atoms with Gasteiger partial charge in [0.25, 0.3) is 0 Å². The Labute approximate surface area is 112 Å². The van der Waals surface area contributed by atoms with Crippen molar-refractivity contribution < 1.29 is 24.1 Å². The van der Waals surface area contributed by atoms with E-state index in [1.165, 1.54) is 7.11 Å². The summed E-state index contributed by atoms with van der Waals surface area (Å²) < 4.78 is 16.0. The molecule has 1 fully saturated rings. The van der Waals surface area contributed by atoms with Crippen molar-refractivity contribution in [1.29, 1.82) is 0 Å². The number of rotatable bonds is 4. The zero-order chi connectivity index (χ0) is 13.9. The average molecular weight is 266 g/mol. The standard InChI is InChI=1S/C14H18O5/c1-14(8-10-4-3-5-11(15)6-10)18-9-12(19-14)7-13(16)17-2/h3-6,12,15H,7-9H2,1-2H3. The summed E-state index contributed by atoms with van der Waals surface area (Å²) >= 11 is 0. The minimum absolute atomic E-state index is 0.187. The van der Waals surface area contributed by atoms with Crippen LogP contribution in [-0.2, 0) is 25.4 Å². The maximum Gasteiger partial charge on any atom is 0.308 e. The van der Waals surface area contributed by atoms with Crippen LogP contribution in [0.15, 0.2) is 24.3 Å². The van der Waals surface area contributed by atoms with Gasteiger partial charge >= 0.3 is 5.97 Å². The van der Waals surface area contributed by atoms with E-state index in [0.29, 0.717) is 13.0 Å². The fourth-order valence-electron chi connectivity index (χ4n) is 2.19. The van der Waals surface area contributed by atoms with Gasteiger partial charge in [0.05, 0.1) is 26.2 Å². The number of carbonyl (C=O) groups is 1. The molecule has 0 aliphatic carbocycles. The number of hydrogen-bond donors (Lipinski definition) is 1. The van der Waals surface area contributed by atoms with Crippen LogP contribution in [0.2, 0.25) is 0 Å². The minimum Gasteiger partial charge on any atom is -0.508 e. The van der Waals surface area contributed by atoms with Gasteiger partial charge in [-0.15, -0.1) is 0 Å². The Hall–Kier alpha value is -1.59. The zero-order valence-electron chi connectivity index (χ0n) is 11.1. The van der Waals surface area contributed by atoms with Crippen molar-refractivity contribution in [2.24, 2.45) is 0 Å². The third kappa shape index (κ3) is 3.68. The lowest BCUT2D eigenvalue weighted by molar-refractivity contribution is -0.159. The molecule has 0 aromatic heterocycles. The van der Waals surface area contributed by atoms with E-state index in [4.69, 9.17) is 9.47 Å². The second-order valence-corrected chi connectivity index (χ2v) is 4.81. The summed E-state index contributed by atoms with van der Waals surface area (Å²) in [7, 11) is 1.35. The lowest BCUT2D eigenvalue weighted by Gasteiger charge is -2.23. The fourth-order valence-corrected chi connectivity index (χ4v) is 2.19. The molecule has 1 aromatic carbocycles. The molecule has 5 heteroatoms. The van der Waals surface area contributed by atoms with E-state index < -0.39 is 5.79 Å². The topological polar surface area (TPSA) is 65.0 Å². The summed E-state index contributed by atoms with van der Waals surface area (Å²) in [5, 5.41) is 9.43. The molecule has 0 bridgehead atoms. The molecule has 2 rings (SSSR count). The van der Waals surface area contributed by atoms with Gasteiger partial charge in [0.15, 0.2) is 5.79 Å². The first-order valence-electron chi connectivity index (χ1n) is 6.17. The Kier molecular flexibility index (Phi) is 4.07. The lowest BCUT2D eigenvalue weighted by Crippen LogP contribution is -2.30. The Morgan fingerprint density at radius 3 is 3.05 bits per heavy atom. The molecule has 1 aromatic rings. The van der Waals surface area contributed by atoms with Gasteiger partial charge < -0.3 is 19.3 Å². The van der Waals surface area contributed by atoms with E-state index in [9.17, 15) is 9.90 Å². The van der Waals surface area contributed by atoms with Crippen molar-refractivity contribution in [1.82, 2.24) is 0 Å². The Morgan fingerprint density at radius 1 is 1.58 bits per heavy atom. The van der Waals surface area contributed by atoms with E-state index >= 15 is 0 Å². The molecule has 0 amide bonds. The number of ether oxygens (including phenoxy) is 3. The van der Waals surface area contributed by atoms with Crippen LogP contribution in [0.4, 0.5) is 0 Å². The minimum atomic E-state index is -0.771. The Morgan fingerprint density at radius 2 is 2.37 bits per heavy atom. The number of phenolic OH excluding ortho intramolecular Hbond substituents is 1. The van der Waals surface area contributed by atoms with Crippen LogP contribution < -0.4 is 0 Å². The monoisotopic (exact) mass is 266 g/mol. The third-order valence-corrected chi connectivity index (χ3v) is 3.05. The smallest absolute Gasteiger partial charge is 0.308 e. The summed E-state index contributed by atoms with van der Waals surface area (Å²) in [5.41, 5.74) is 0.918. The highest BCUT2D eigenvalue weighted by Gasteiger charge is 2.38. The number of methoxy groups -OCH3 is 1. The molecule has 1 aliphatic heterocycles. The third-order valence-electron chi connectivity index (χ3n) is 3.05. The highest BCUT2D eigenvalue weighted by molar-refractivity contribution is 5.69. The van der Waals surface area contributed by atoms with Gasteiger partial charge in [-0.25, -0.2) is 0 Å². The molecule has 2 atom stereocenters. The van der Waals surface area contributed by atoms with Crippen molar-refractivity contribution in [2.45, 2.75) is 31.7 Å². The average Bonchev–Trinajstić information content (AvgIpc) is 2.70. The first kappa shape index (κ1) is 13.8. The van der Waals surface area contributed by atoms with Crippen molar-refractivity contribution in [2.75, 3.05) is 13.7 Å². The van der Waals surface area contributed by atoms with Crippen molar-refractivity contribution >= 4 is 5.97 Å². The lowest BCUT2D eigenvalue weighted by atomic mass is 10.1. The highest BCUT2D eigenvalue weighted by Crippen LogP contribution is 2.29. The molecule has 1 aliphatic rings. The summed E-state index contributed by atoms with van der Waals surface area (Å²) in [6.45, 7) is 2.19. The number of aromatic hydroxyl groups is 1.